The molecule has 1 atom stereocenters. The van der Waals surface area contributed by atoms with E-state index in [0.29, 0.717) is 6.54 Å². The Balaban J connectivity index is 2.47. The standard InChI is InChI=1S/C15H31N3O/c1-5-9-15(4,16)13(19)17-12-14(2,3)18-10-7-6-8-11-18/h5-12,16H2,1-4H3,(H,17,19). The summed E-state index contributed by atoms with van der Waals surface area (Å²) in [6.07, 6.45) is 5.51. The Hall–Kier alpha value is -0.610. The van der Waals surface area contributed by atoms with Gasteiger partial charge in [0.05, 0.1) is 5.54 Å². The molecular weight excluding hydrogens is 238 g/mol. The summed E-state index contributed by atoms with van der Waals surface area (Å²) < 4.78 is 0. The normalized spacial score (nSPS) is 20.9. The van der Waals surface area contributed by atoms with Crippen LogP contribution in [0.15, 0.2) is 0 Å². The highest BCUT2D eigenvalue weighted by Crippen LogP contribution is 2.20. The van der Waals surface area contributed by atoms with E-state index in [1.54, 1.807) is 0 Å². The topological polar surface area (TPSA) is 58.4 Å². The second-order valence-electron chi connectivity index (χ2n) is 6.71. The first-order valence-corrected chi connectivity index (χ1v) is 7.62. The van der Waals surface area contributed by atoms with E-state index in [9.17, 15) is 4.79 Å². The van der Waals surface area contributed by atoms with E-state index in [0.717, 1.165) is 25.9 Å². The minimum Gasteiger partial charge on any atom is -0.353 e. The van der Waals surface area contributed by atoms with Crippen molar-refractivity contribution in [2.24, 2.45) is 5.73 Å². The van der Waals surface area contributed by atoms with Gasteiger partial charge < -0.3 is 11.1 Å². The molecule has 1 aliphatic rings. The lowest BCUT2D eigenvalue weighted by atomic mass is 9.94. The average molecular weight is 269 g/mol. The lowest BCUT2D eigenvalue weighted by Gasteiger charge is -2.41. The van der Waals surface area contributed by atoms with Crippen molar-refractivity contribution in [2.75, 3.05) is 19.6 Å². The van der Waals surface area contributed by atoms with Gasteiger partial charge in [0.2, 0.25) is 5.91 Å². The summed E-state index contributed by atoms with van der Waals surface area (Å²) in [6, 6.07) is 0. The van der Waals surface area contributed by atoms with E-state index in [-0.39, 0.29) is 11.4 Å². The van der Waals surface area contributed by atoms with Crippen LogP contribution in [0.3, 0.4) is 0 Å². The van der Waals surface area contributed by atoms with Crippen molar-refractivity contribution < 1.29 is 4.79 Å². The molecule has 1 heterocycles. The van der Waals surface area contributed by atoms with Gasteiger partial charge in [-0.3, -0.25) is 9.69 Å². The number of nitrogens with two attached hydrogens (primary N) is 1. The van der Waals surface area contributed by atoms with Crippen molar-refractivity contribution >= 4 is 5.91 Å². The van der Waals surface area contributed by atoms with Crippen LogP contribution >= 0.6 is 0 Å². The van der Waals surface area contributed by atoms with E-state index in [2.05, 4.69) is 31.0 Å². The van der Waals surface area contributed by atoms with Crippen LogP contribution in [-0.2, 0) is 4.79 Å². The molecular formula is C15H31N3O. The maximum Gasteiger partial charge on any atom is 0.239 e. The second kappa shape index (κ2) is 6.71. The monoisotopic (exact) mass is 269 g/mol. The van der Waals surface area contributed by atoms with Gasteiger partial charge in [-0.15, -0.1) is 0 Å². The fourth-order valence-corrected chi connectivity index (χ4v) is 2.74. The summed E-state index contributed by atoms with van der Waals surface area (Å²) in [4.78, 5) is 14.6. The smallest absolute Gasteiger partial charge is 0.239 e. The van der Waals surface area contributed by atoms with Gasteiger partial charge in [-0.1, -0.05) is 19.8 Å². The van der Waals surface area contributed by atoms with Crippen LogP contribution in [0.1, 0.15) is 59.8 Å². The first-order chi connectivity index (χ1) is 8.79. The summed E-state index contributed by atoms with van der Waals surface area (Å²) in [6.45, 7) is 11.2. The molecule has 0 aromatic heterocycles. The zero-order valence-electron chi connectivity index (χ0n) is 13.1. The van der Waals surface area contributed by atoms with Gasteiger partial charge in [0.25, 0.3) is 0 Å². The zero-order valence-corrected chi connectivity index (χ0v) is 13.1. The van der Waals surface area contributed by atoms with Gasteiger partial charge in [0.15, 0.2) is 0 Å². The molecule has 112 valence electrons. The Labute approximate surface area is 118 Å². The van der Waals surface area contributed by atoms with E-state index in [4.69, 9.17) is 5.73 Å². The van der Waals surface area contributed by atoms with Crippen molar-refractivity contribution in [1.29, 1.82) is 0 Å². The number of carbonyl (C=O) groups is 1. The molecule has 0 spiro atoms. The molecule has 0 bridgehead atoms. The number of piperidine rings is 1. The molecule has 1 rings (SSSR count). The van der Waals surface area contributed by atoms with Crippen LogP contribution in [-0.4, -0.2) is 41.5 Å². The van der Waals surface area contributed by atoms with Crippen LogP contribution < -0.4 is 11.1 Å². The molecule has 3 N–H and O–H groups in total. The Bertz CT molecular complexity index is 294. The zero-order chi connectivity index (χ0) is 14.5. The van der Waals surface area contributed by atoms with Crippen LogP contribution in [0.4, 0.5) is 0 Å². The van der Waals surface area contributed by atoms with Crippen LogP contribution in [0.2, 0.25) is 0 Å². The Morgan fingerprint density at radius 1 is 1.21 bits per heavy atom. The summed E-state index contributed by atoms with van der Waals surface area (Å²) in [7, 11) is 0. The summed E-state index contributed by atoms with van der Waals surface area (Å²) >= 11 is 0. The third kappa shape index (κ3) is 4.77. The number of hydrogen-bond acceptors (Lipinski definition) is 3. The number of likely N-dealkylation sites (tertiary alicyclic amines) is 1. The average Bonchev–Trinajstić information content (AvgIpc) is 2.37. The molecule has 19 heavy (non-hydrogen) atoms. The maximum atomic E-state index is 12.1. The van der Waals surface area contributed by atoms with Crippen molar-refractivity contribution in [1.82, 2.24) is 10.2 Å². The minimum absolute atomic E-state index is 0.0123. The van der Waals surface area contributed by atoms with Gasteiger partial charge in [0.1, 0.15) is 0 Å². The molecule has 0 aliphatic carbocycles. The van der Waals surface area contributed by atoms with E-state index < -0.39 is 5.54 Å². The highest BCUT2D eigenvalue weighted by molar-refractivity contribution is 5.85. The minimum atomic E-state index is -0.743. The summed E-state index contributed by atoms with van der Waals surface area (Å²) in [5.74, 6) is -0.0283. The molecule has 4 nitrogen and oxygen atoms in total. The molecule has 0 aromatic rings. The highest BCUT2D eigenvalue weighted by Gasteiger charge is 2.32. The van der Waals surface area contributed by atoms with E-state index in [1.807, 2.05) is 6.92 Å². The van der Waals surface area contributed by atoms with Gasteiger partial charge in [-0.2, -0.15) is 0 Å². The third-order valence-electron chi connectivity index (χ3n) is 4.18. The predicted molar refractivity (Wildman–Crippen MR) is 80.0 cm³/mol. The van der Waals surface area contributed by atoms with Gasteiger partial charge in [-0.05, 0) is 53.1 Å². The molecule has 0 saturated carbocycles. The maximum absolute atomic E-state index is 12.1. The number of amides is 1. The molecule has 1 fully saturated rings. The first kappa shape index (κ1) is 16.4. The first-order valence-electron chi connectivity index (χ1n) is 7.62. The second-order valence-corrected chi connectivity index (χ2v) is 6.71. The summed E-state index contributed by atoms with van der Waals surface area (Å²) in [5, 5.41) is 3.04. The third-order valence-corrected chi connectivity index (χ3v) is 4.18. The van der Waals surface area contributed by atoms with E-state index >= 15 is 0 Å². The quantitative estimate of drug-likeness (QED) is 0.774. The highest BCUT2D eigenvalue weighted by atomic mass is 16.2. The van der Waals surface area contributed by atoms with Crippen molar-refractivity contribution in [3.05, 3.63) is 0 Å². The number of hydrogen-bond donors (Lipinski definition) is 2. The molecule has 0 radical (unpaired) electrons. The SMILES string of the molecule is CCCC(C)(N)C(=O)NCC(C)(C)N1CCCCC1. The number of nitrogens with zero attached hydrogens (tertiary/aromatic N) is 1. The fourth-order valence-electron chi connectivity index (χ4n) is 2.74. The lowest BCUT2D eigenvalue weighted by molar-refractivity contribution is -0.126. The largest absolute Gasteiger partial charge is 0.353 e. The predicted octanol–water partition coefficient (Wildman–Crippen LogP) is 1.88. The van der Waals surface area contributed by atoms with Gasteiger partial charge in [0, 0.05) is 12.1 Å². The van der Waals surface area contributed by atoms with Crippen molar-refractivity contribution in [3.63, 3.8) is 0 Å². The summed E-state index contributed by atoms with van der Waals surface area (Å²) in [5.41, 5.74) is 5.32. The number of carbonyl (C=O) groups excluding carboxylic acids is 1. The fraction of sp³-hybridized carbons (Fsp3) is 0.933. The van der Waals surface area contributed by atoms with E-state index in [1.165, 1.54) is 19.3 Å². The van der Waals surface area contributed by atoms with Crippen molar-refractivity contribution in [2.45, 2.75) is 70.9 Å². The number of rotatable bonds is 6. The van der Waals surface area contributed by atoms with Crippen LogP contribution in [0.25, 0.3) is 0 Å². The molecule has 0 aromatic carbocycles. The Morgan fingerprint density at radius 3 is 2.32 bits per heavy atom. The molecule has 1 saturated heterocycles. The molecule has 1 unspecified atom stereocenters. The van der Waals surface area contributed by atoms with Crippen LogP contribution in [0, 0.1) is 0 Å². The number of nitrogens with one attached hydrogen (secondary N) is 1. The van der Waals surface area contributed by atoms with Crippen molar-refractivity contribution in [3.8, 4) is 0 Å². The van der Waals surface area contributed by atoms with Gasteiger partial charge >= 0.3 is 0 Å². The Morgan fingerprint density at radius 2 is 1.79 bits per heavy atom. The molecule has 1 amide bonds. The van der Waals surface area contributed by atoms with Gasteiger partial charge in [-0.25, -0.2) is 0 Å². The van der Waals surface area contributed by atoms with Crippen LogP contribution in [0.5, 0.6) is 0 Å². The molecule has 1 aliphatic heterocycles. The lowest BCUT2D eigenvalue weighted by Crippen LogP contribution is -2.58. The Kier molecular flexibility index (Phi) is 5.81. The molecule has 4 heteroatoms.